The molecule has 1 aliphatic carbocycles. The van der Waals surface area contributed by atoms with Crippen molar-refractivity contribution in [1.82, 2.24) is 4.98 Å². The van der Waals surface area contributed by atoms with Gasteiger partial charge in [0.25, 0.3) is 0 Å². The molecule has 0 radical (unpaired) electrons. The van der Waals surface area contributed by atoms with Crippen molar-refractivity contribution < 1.29 is 9.59 Å². The van der Waals surface area contributed by atoms with Crippen LogP contribution in [0.3, 0.4) is 0 Å². The van der Waals surface area contributed by atoms with Gasteiger partial charge in [-0.3, -0.25) is 14.6 Å². The molecule has 0 N–H and O–H groups in total. The van der Waals surface area contributed by atoms with Crippen LogP contribution in [0.15, 0.2) is 60.7 Å². The standard InChI is InChI=1S/C18H11NO2.CH4/c20-17-12-6-2-3-7-13(12)18(21)16(17)15-10-9-11-5-1-4-8-14(11)19-15;/h1-10,16H;1H4. The van der Waals surface area contributed by atoms with Gasteiger partial charge in [0.2, 0.25) is 0 Å². The fraction of sp³-hybridized carbons (Fsp3) is 0.105. The molecule has 108 valence electrons. The van der Waals surface area contributed by atoms with Gasteiger partial charge in [0.15, 0.2) is 11.6 Å². The van der Waals surface area contributed by atoms with Gasteiger partial charge in [0, 0.05) is 16.5 Å². The van der Waals surface area contributed by atoms with Gasteiger partial charge in [-0.1, -0.05) is 56.0 Å². The fourth-order valence-corrected chi connectivity index (χ4v) is 2.85. The van der Waals surface area contributed by atoms with E-state index in [-0.39, 0.29) is 19.0 Å². The lowest BCUT2D eigenvalue weighted by atomic mass is 9.98. The van der Waals surface area contributed by atoms with E-state index in [1.165, 1.54) is 0 Å². The third-order valence-electron chi connectivity index (χ3n) is 3.90. The van der Waals surface area contributed by atoms with Crippen LogP contribution in [0.4, 0.5) is 0 Å². The lowest BCUT2D eigenvalue weighted by molar-refractivity contribution is 0.0888. The summed E-state index contributed by atoms with van der Waals surface area (Å²) in [5, 5.41) is 0.997. The predicted octanol–water partition coefficient (Wildman–Crippen LogP) is 4.03. The van der Waals surface area contributed by atoms with Gasteiger partial charge < -0.3 is 0 Å². The lowest BCUT2D eigenvalue weighted by Gasteiger charge is -2.07. The van der Waals surface area contributed by atoms with E-state index in [4.69, 9.17) is 0 Å². The average molecular weight is 289 g/mol. The van der Waals surface area contributed by atoms with Crippen LogP contribution in [0.5, 0.6) is 0 Å². The van der Waals surface area contributed by atoms with Gasteiger partial charge in [0.1, 0.15) is 5.92 Å². The maximum atomic E-state index is 12.5. The molecule has 4 rings (SSSR count). The first-order valence-electron chi connectivity index (χ1n) is 6.79. The Morgan fingerprint density at radius 2 is 1.32 bits per heavy atom. The van der Waals surface area contributed by atoms with Crippen LogP contribution < -0.4 is 0 Å². The molecule has 0 amide bonds. The van der Waals surface area contributed by atoms with Crippen LogP contribution in [-0.2, 0) is 0 Å². The summed E-state index contributed by atoms with van der Waals surface area (Å²) < 4.78 is 0. The molecule has 0 spiro atoms. The number of Topliss-reactive ketones (excluding diaryl/α,β-unsaturated/α-hetero) is 2. The smallest absolute Gasteiger partial charge is 0.180 e. The summed E-state index contributed by atoms with van der Waals surface area (Å²) in [4.78, 5) is 29.5. The van der Waals surface area contributed by atoms with Crippen LogP contribution >= 0.6 is 0 Å². The van der Waals surface area contributed by atoms with Crippen molar-refractivity contribution in [3.63, 3.8) is 0 Å². The van der Waals surface area contributed by atoms with E-state index in [1.807, 2.05) is 30.3 Å². The minimum absolute atomic E-state index is 0. The maximum absolute atomic E-state index is 12.5. The van der Waals surface area contributed by atoms with E-state index >= 15 is 0 Å². The Morgan fingerprint density at radius 1 is 0.727 bits per heavy atom. The van der Waals surface area contributed by atoms with Gasteiger partial charge in [-0.2, -0.15) is 0 Å². The van der Waals surface area contributed by atoms with E-state index in [9.17, 15) is 9.59 Å². The number of carbonyl (C=O) groups is 2. The number of rotatable bonds is 1. The first-order valence-corrected chi connectivity index (χ1v) is 6.79. The Bertz CT molecular complexity index is 864. The van der Waals surface area contributed by atoms with Crippen LogP contribution in [0.2, 0.25) is 0 Å². The number of hydrogen-bond donors (Lipinski definition) is 0. The molecule has 1 aliphatic rings. The van der Waals surface area contributed by atoms with Crippen LogP contribution in [0, 0.1) is 0 Å². The number of hydrogen-bond acceptors (Lipinski definition) is 3. The summed E-state index contributed by atoms with van der Waals surface area (Å²) in [7, 11) is 0. The van der Waals surface area contributed by atoms with Gasteiger partial charge in [-0.25, -0.2) is 0 Å². The third-order valence-corrected chi connectivity index (χ3v) is 3.90. The normalized spacial score (nSPS) is 14.0. The Hall–Kier alpha value is -2.81. The topological polar surface area (TPSA) is 47.0 Å². The molecule has 0 atom stereocenters. The SMILES string of the molecule is C.O=C1c2ccccc2C(=O)C1c1ccc2ccccc2n1. The highest BCUT2D eigenvalue weighted by Crippen LogP contribution is 2.33. The Labute approximate surface area is 128 Å². The summed E-state index contributed by atoms with van der Waals surface area (Å²) in [6.45, 7) is 0. The maximum Gasteiger partial charge on any atom is 0.180 e. The van der Waals surface area contributed by atoms with Crippen molar-refractivity contribution in [3.05, 3.63) is 77.5 Å². The fourth-order valence-electron chi connectivity index (χ4n) is 2.85. The van der Waals surface area contributed by atoms with Crippen molar-refractivity contribution in [2.45, 2.75) is 13.3 Å². The monoisotopic (exact) mass is 289 g/mol. The number of aromatic nitrogens is 1. The zero-order chi connectivity index (χ0) is 14.4. The lowest BCUT2D eigenvalue weighted by Crippen LogP contribution is -2.14. The molecule has 0 fully saturated rings. The summed E-state index contributed by atoms with van der Waals surface area (Å²) in [5.41, 5.74) is 2.33. The molecule has 2 aromatic carbocycles. The van der Waals surface area contributed by atoms with Crippen LogP contribution in [-0.4, -0.2) is 16.6 Å². The number of carbonyl (C=O) groups excluding carboxylic acids is 2. The molecule has 0 aliphatic heterocycles. The first-order chi connectivity index (χ1) is 10.3. The van der Waals surface area contributed by atoms with Gasteiger partial charge in [-0.15, -0.1) is 0 Å². The van der Waals surface area contributed by atoms with E-state index < -0.39 is 5.92 Å². The minimum atomic E-state index is -0.799. The molecule has 1 heterocycles. The zero-order valence-electron chi connectivity index (χ0n) is 11.1. The van der Waals surface area contributed by atoms with Crippen molar-refractivity contribution in [1.29, 1.82) is 0 Å². The summed E-state index contributed by atoms with van der Waals surface area (Å²) in [5.74, 6) is -1.11. The highest BCUT2D eigenvalue weighted by Gasteiger charge is 2.40. The zero-order valence-corrected chi connectivity index (χ0v) is 11.1. The van der Waals surface area contributed by atoms with Gasteiger partial charge >= 0.3 is 0 Å². The van der Waals surface area contributed by atoms with Crippen LogP contribution in [0.25, 0.3) is 10.9 Å². The summed E-state index contributed by atoms with van der Waals surface area (Å²) in [6.07, 6.45) is 0. The number of benzene rings is 2. The largest absolute Gasteiger partial charge is 0.293 e. The quantitative estimate of drug-likeness (QED) is 0.635. The molecule has 22 heavy (non-hydrogen) atoms. The second-order valence-corrected chi connectivity index (χ2v) is 5.14. The van der Waals surface area contributed by atoms with E-state index in [0.29, 0.717) is 16.8 Å². The van der Waals surface area contributed by atoms with Gasteiger partial charge in [-0.05, 0) is 12.1 Å². The molecule has 0 unspecified atom stereocenters. The first kappa shape index (κ1) is 14.1. The molecule has 0 saturated carbocycles. The number of para-hydroxylation sites is 1. The molecule has 3 heteroatoms. The Kier molecular flexibility index (Phi) is 3.33. The predicted molar refractivity (Wildman–Crippen MR) is 86.3 cm³/mol. The summed E-state index contributed by atoms with van der Waals surface area (Å²) >= 11 is 0. The molecule has 0 bridgehead atoms. The van der Waals surface area contributed by atoms with E-state index in [0.717, 1.165) is 10.9 Å². The van der Waals surface area contributed by atoms with Crippen molar-refractivity contribution in [3.8, 4) is 0 Å². The Morgan fingerprint density at radius 3 is 2.00 bits per heavy atom. The number of ketones is 2. The Balaban J connectivity index is 0.00000144. The minimum Gasteiger partial charge on any atom is -0.293 e. The molecule has 1 aromatic heterocycles. The van der Waals surface area contributed by atoms with Crippen LogP contribution in [0.1, 0.15) is 39.8 Å². The molecule has 3 aromatic rings. The second kappa shape index (κ2) is 5.19. The molecule has 3 nitrogen and oxygen atoms in total. The van der Waals surface area contributed by atoms with E-state index in [2.05, 4.69) is 4.98 Å². The second-order valence-electron chi connectivity index (χ2n) is 5.14. The van der Waals surface area contributed by atoms with E-state index in [1.54, 1.807) is 30.3 Å². The highest BCUT2D eigenvalue weighted by atomic mass is 16.2. The number of fused-ring (bicyclic) bond motifs is 2. The molecular weight excluding hydrogens is 274 g/mol. The number of pyridine rings is 1. The molecular formula is C19H15NO2. The summed E-state index contributed by atoms with van der Waals surface area (Å²) in [6, 6.07) is 18.3. The average Bonchev–Trinajstić information content (AvgIpc) is 2.79. The van der Waals surface area contributed by atoms with Gasteiger partial charge in [0.05, 0.1) is 11.2 Å². The van der Waals surface area contributed by atoms with Crippen molar-refractivity contribution in [2.75, 3.05) is 0 Å². The molecule has 0 saturated heterocycles. The number of nitrogens with zero attached hydrogens (tertiary/aromatic N) is 1. The third kappa shape index (κ3) is 1.94. The van der Waals surface area contributed by atoms with Crippen molar-refractivity contribution >= 4 is 22.5 Å². The highest BCUT2D eigenvalue weighted by molar-refractivity contribution is 6.29. The van der Waals surface area contributed by atoms with Crippen molar-refractivity contribution in [2.24, 2.45) is 0 Å².